The fourth-order valence-electron chi connectivity index (χ4n) is 5.41. The van der Waals surface area contributed by atoms with Gasteiger partial charge in [0.05, 0.1) is 12.7 Å². The number of piperidine rings is 1. The lowest BCUT2D eigenvalue weighted by Crippen LogP contribution is -2.63. The molecule has 29 heavy (non-hydrogen) atoms. The summed E-state index contributed by atoms with van der Waals surface area (Å²) in [4.78, 5) is 30.9. The van der Waals surface area contributed by atoms with Crippen molar-refractivity contribution in [2.24, 2.45) is 0 Å². The van der Waals surface area contributed by atoms with E-state index in [1.165, 1.54) is 0 Å². The summed E-state index contributed by atoms with van der Waals surface area (Å²) in [6, 6.07) is 7.44. The number of aliphatic hydroxyl groups is 1. The van der Waals surface area contributed by atoms with Crippen molar-refractivity contribution in [3.05, 3.63) is 29.8 Å². The van der Waals surface area contributed by atoms with Crippen LogP contribution in [0, 0.1) is 0 Å². The van der Waals surface area contributed by atoms with E-state index in [9.17, 15) is 14.7 Å². The van der Waals surface area contributed by atoms with Crippen LogP contribution in [0.5, 0.6) is 5.75 Å². The highest BCUT2D eigenvalue weighted by atomic mass is 16.5. The maximum Gasteiger partial charge on any atom is 0.254 e. The Labute approximate surface area is 172 Å². The number of likely N-dealkylation sites (tertiary alicyclic amines) is 2. The predicted octanol–water partition coefficient (Wildman–Crippen LogP) is 2.99. The van der Waals surface area contributed by atoms with Crippen molar-refractivity contribution in [3.8, 4) is 5.75 Å². The van der Waals surface area contributed by atoms with E-state index in [0.29, 0.717) is 18.7 Å². The summed E-state index contributed by atoms with van der Waals surface area (Å²) in [5.74, 6) is 0.821. The fraction of sp³-hybridized carbons (Fsp3) is 0.652. The minimum Gasteiger partial charge on any atom is -0.494 e. The summed E-state index contributed by atoms with van der Waals surface area (Å²) >= 11 is 0. The number of amides is 2. The Bertz CT molecular complexity index is 742. The number of hydrogen-bond donors (Lipinski definition) is 1. The first-order valence-corrected chi connectivity index (χ1v) is 11.1. The average molecular weight is 401 g/mol. The largest absolute Gasteiger partial charge is 0.494 e. The maximum absolute atomic E-state index is 13.7. The van der Waals surface area contributed by atoms with Gasteiger partial charge in [-0.25, -0.2) is 0 Å². The molecule has 2 heterocycles. The zero-order chi connectivity index (χ0) is 20.4. The molecule has 2 saturated heterocycles. The van der Waals surface area contributed by atoms with Crippen molar-refractivity contribution in [3.63, 3.8) is 0 Å². The van der Waals surface area contributed by atoms with Gasteiger partial charge in [0.25, 0.3) is 5.91 Å². The van der Waals surface area contributed by atoms with E-state index < -0.39 is 5.54 Å². The first-order chi connectivity index (χ1) is 14.0. The summed E-state index contributed by atoms with van der Waals surface area (Å²) < 4.78 is 5.48. The first kappa shape index (κ1) is 20.2. The number of nitrogens with zero attached hydrogens (tertiary/aromatic N) is 2. The molecule has 6 heteroatoms. The molecule has 1 N–H and O–H groups in total. The number of benzene rings is 1. The van der Waals surface area contributed by atoms with Gasteiger partial charge in [-0.05, 0) is 82.6 Å². The SMILES string of the molecule is CCOc1ccc(C(=O)N2CCCC23CCCN(C2CCC(O)CC2)C3=O)cc1. The van der Waals surface area contributed by atoms with Crippen molar-refractivity contribution in [1.82, 2.24) is 9.80 Å². The van der Waals surface area contributed by atoms with Crippen molar-refractivity contribution in [2.75, 3.05) is 19.7 Å². The van der Waals surface area contributed by atoms with Gasteiger partial charge in [-0.3, -0.25) is 9.59 Å². The number of carbonyl (C=O) groups is 2. The van der Waals surface area contributed by atoms with Crippen LogP contribution in [0.1, 0.15) is 68.6 Å². The topological polar surface area (TPSA) is 70.1 Å². The van der Waals surface area contributed by atoms with Gasteiger partial charge in [0.1, 0.15) is 11.3 Å². The van der Waals surface area contributed by atoms with Gasteiger partial charge in [-0.15, -0.1) is 0 Å². The third-order valence-corrected chi connectivity index (χ3v) is 6.90. The molecular formula is C23H32N2O4. The van der Waals surface area contributed by atoms with Gasteiger partial charge in [0, 0.05) is 24.7 Å². The number of rotatable bonds is 4. The second-order valence-electron chi connectivity index (χ2n) is 8.61. The van der Waals surface area contributed by atoms with Crippen molar-refractivity contribution in [2.45, 2.75) is 76.0 Å². The van der Waals surface area contributed by atoms with Gasteiger partial charge in [0.2, 0.25) is 5.91 Å². The summed E-state index contributed by atoms with van der Waals surface area (Å²) in [6.07, 6.45) is 6.30. The number of ether oxygens (including phenoxy) is 1. The molecule has 1 aliphatic carbocycles. The van der Waals surface area contributed by atoms with E-state index in [1.807, 2.05) is 28.9 Å². The highest BCUT2D eigenvalue weighted by Gasteiger charge is 2.53. The number of carbonyl (C=O) groups excluding carboxylic acids is 2. The molecule has 158 valence electrons. The number of hydrogen-bond acceptors (Lipinski definition) is 4. The minimum atomic E-state index is -0.690. The second kappa shape index (κ2) is 8.34. The van der Waals surface area contributed by atoms with Crippen LogP contribution in [-0.4, -0.2) is 64.1 Å². The smallest absolute Gasteiger partial charge is 0.254 e. The molecule has 0 radical (unpaired) electrons. The second-order valence-corrected chi connectivity index (χ2v) is 8.61. The standard InChI is InChI=1S/C23H32N2O4/c1-2-29-20-11-5-17(6-12-20)21(27)25-16-4-14-23(25)13-3-15-24(22(23)28)18-7-9-19(26)10-8-18/h5-6,11-12,18-19,26H,2-4,7-10,13-16H2,1H3. The molecule has 3 aliphatic rings. The van der Waals surface area contributed by atoms with Gasteiger partial charge < -0.3 is 19.6 Å². The Morgan fingerprint density at radius 3 is 2.41 bits per heavy atom. The van der Waals surface area contributed by atoms with Crippen LogP contribution in [0.3, 0.4) is 0 Å². The number of aliphatic hydroxyl groups excluding tert-OH is 1. The molecule has 1 aromatic rings. The van der Waals surface area contributed by atoms with Crippen LogP contribution >= 0.6 is 0 Å². The highest BCUT2D eigenvalue weighted by Crippen LogP contribution is 2.41. The van der Waals surface area contributed by atoms with Gasteiger partial charge in [-0.1, -0.05) is 0 Å². The van der Waals surface area contributed by atoms with Crippen LogP contribution in [0.4, 0.5) is 0 Å². The zero-order valence-corrected chi connectivity index (χ0v) is 17.3. The molecule has 1 saturated carbocycles. The van der Waals surface area contributed by atoms with E-state index in [0.717, 1.165) is 63.7 Å². The molecule has 1 spiro atoms. The van der Waals surface area contributed by atoms with Crippen LogP contribution in [0.15, 0.2) is 24.3 Å². The van der Waals surface area contributed by atoms with E-state index in [4.69, 9.17) is 4.74 Å². The molecule has 0 bridgehead atoms. The maximum atomic E-state index is 13.7. The minimum absolute atomic E-state index is 0.0557. The average Bonchev–Trinajstić information content (AvgIpc) is 3.16. The monoisotopic (exact) mass is 400 g/mol. The third-order valence-electron chi connectivity index (χ3n) is 6.90. The molecule has 6 nitrogen and oxygen atoms in total. The van der Waals surface area contributed by atoms with Crippen LogP contribution < -0.4 is 4.74 Å². The first-order valence-electron chi connectivity index (χ1n) is 11.1. The molecule has 0 aromatic heterocycles. The molecule has 1 atom stereocenters. The summed E-state index contributed by atoms with van der Waals surface area (Å²) in [5, 5.41) is 9.83. The quantitative estimate of drug-likeness (QED) is 0.844. The molecule has 3 fully saturated rings. The van der Waals surface area contributed by atoms with E-state index in [2.05, 4.69) is 0 Å². The van der Waals surface area contributed by atoms with Crippen LogP contribution in [0.25, 0.3) is 0 Å². The Morgan fingerprint density at radius 2 is 1.76 bits per heavy atom. The van der Waals surface area contributed by atoms with Crippen LogP contribution in [0.2, 0.25) is 0 Å². The van der Waals surface area contributed by atoms with Gasteiger partial charge in [-0.2, -0.15) is 0 Å². The fourth-order valence-corrected chi connectivity index (χ4v) is 5.41. The Hall–Kier alpha value is -2.08. The highest BCUT2D eigenvalue weighted by molar-refractivity contribution is 6.00. The normalized spacial score (nSPS) is 30.1. The van der Waals surface area contributed by atoms with E-state index in [-0.39, 0.29) is 24.0 Å². The zero-order valence-electron chi connectivity index (χ0n) is 17.3. The Kier molecular flexibility index (Phi) is 5.81. The van der Waals surface area contributed by atoms with Gasteiger partial charge in [0.15, 0.2) is 0 Å². The molecule has 2 aliphatic heterocycles. The summed E-state index contributed by atoms with van der Waals surface area (Å²) in [5.41, 5.74) is -0.0790. The van der Waals surface area contributed by atoms with Crippen LogP contribution in [-0.2, 0) is 4.79 Å². The predicted molar refractivity (Wildman–Crippen MR) is 110 cm³/mol. The Balaban J connectivity index is 1.53. The third kappa shape index (κ3) is 3.75. The Morgan fingerprint density at radius 1 is 1.10 bits per heavy atom. The van der Waals surface area contributed by atoms with E-state index in [1.54, 1.807) is 12.1 Å². The lowest BCUT2D eigenvalue weighted by Gasteiger charge is -2.48. The summed E-state index contributed by atoms with van der Waals surface area (Å²) in [7, 11) is 0. The van der Waals surface area contributed by atoms with Gasteiger partial charge >= 0.3 is 0 Å². The molecular weight excluding hydrogens is 368 g/mol. The lowest BCUT2D eigenvalue weighted by atomic mass is 9.82. The molecule has 2 amide bonds. The van der Waals surface area contributed by atoms with Crippen molar-refractivity contribution in [1.29, 1.82) is 0 Å². The van der Waals surface area contributed by atoms with E-state index >= 15 is 0 Å². The lowest BCUT2D eigenvalue weighted by molar-refractivity contribution is -0.149. The summed E-state index contributed by atoms with van der Waals surface area (Å²) in [6.45, 7) is 3.92. The molecule has 4 rings (SSSR count). The molecule has 1 unspecified atom stereocenters. The molecule has 1 aromatic carbocycles. The van der Waals surface area contributed by atoms with Crippen molar-refractivity contribution < 1.29 is 19.4 Å². The van der Waals surface area contributed by atoms with Crippen molar-refractivity contribution >= 4 is 11.8 Å².